The Labute approximate surface area is 197 Å². The highest BCUT2D eigenvalue weighted by atomic mass is 28.4. The lowest BCUT2D eigenvalue weighted by molar-refractivity contribution is 0.262. The Morgan fingerprint density at radius 1 is 1.09 bits per heavy atom. The number of hydrogen-bond acceptors (Lipinski definition) is 4. The molecule has 0 radical (unpaired) electrons. The summed E-state index contributed by atoms with van der Waals surface area (Å²) in [4.78, 5) is 21.0. The van der Waals surface area contributed by atoms with Crippen LogP contribution in [0.2, 0.25) is 18.1 Å². The normalized spacial score (nSPS) is 12.9. The molecule has 0 spiro atoms. The number of imidazole rings is 1. The molecule has 2 N–H and O–H groups in total. The molecule has 8 heteroatoms. The molecule has 3 rings (SSSR count). The molecule has 33 heavy (non-hydrogen) atoms. The molecule has 1 atom stereocenters. The van der Waals surface area contributed by atoms with Gasteiger partial charge in [0.15, 0.2) is 8.32 Å². The summed E-state index contributed by atoms with van der Waals surface area (Å²) in [6.45, 7) is 15.8. The van der Waals surface area contributed by atoms with Gasteiger partial charge in [0.05, 0.1) is 12.6 Å². The third-order valence-corrected chi connectivity index (χ3v) is 10.9. The number of aromatic nitrogens is 3. The maximum Gasteiger partial charge on any atom is 0.324 e. The smallest absolute Gasteiger partial charge is 0.324 e. The first-order valence-electron chi connectivity index (χ1n) is 11.2. The number of benzene rings is 1. The number of pyridine rings is 1. The highest BCUT2D eigenvalue weighted by Crippen LogP contribution is 2.37. The van der Waals surface area contributed by atoms with Crippen LogP contribution < -0.4 is 10.6 Å². The van der Waals surface area contributed by atoms with Crippen LogP contribution in [0.25, 0.3) is 0 Å². The minimum Gasteiger partial charge on any atom is -0.413 e. The van der Waals surface area contributed by atoms with Crippen molar-refractivity contribution in [1.82, 2.24) is 14.5 Å². The first kappa shape index (κ1) is 24.7. The Bertz CT molecular complexity index is 1070. The molecule has 2 heterocycles. The van der Waals surface area contributed by atoms with Crippen LogP contribution >= 0.6 is 0 Å². The van der Waals surface area contributed by atoms with E-state index in [2.05, 4.69) is 66.0 Å². The molecule has 0 saturated heterocycles. The number of aryl methyl sites for hydroxylation is 1. The van der Waals surface area contributed by atoms with E-state index in [1.54, 1.807) is 18.5 Å². The zero-order chi connectivity index (χ0) is 24.2. The molecular formula is C25H35N5O2Si. The zero-order valence-corrected chi connectivity index (χ0v) is 21.6. The van der Waals surface area contributed by atoms with Crippen LogP contribution in [-0.2, 0) is 11.0 Å². The quantitative estimate of drug-likeness (QED) is 0.398. The van der Waals surface area contributed by atoms with Crippen molar-refractivity contribution in [3.63, 3.8) is 0 Å². The molecule has 0 aliphatic carbocycles. The van der Waals surface area contributed by atoms with Crippen LogP contribution in [0.4, 0.5) is 16.3 Å². The number of nitrogens with one attached hydrogen (secondary N) is 2. The molecular weight excluding hydrogens is 430 g/mol. The second-order valence-corrected chi connectivity index (χ2v) is 14.7. The summed E-state index contributed by atoms with van der Waals surface area (Å²) in [5.74, 6) is 1.46. The van der Waals surface area contributed by atoms with Gasteiger partial charge in [-0.1, -0.05) is 39.0 Å². The molecule has 3 aromatic rings. The topological polar surface area (TPSA) is 81.1 Å². The van der Waals surface area contributed by atoms with E-state index in [1.165, 1.54) is 0 Å². The van der Waals surface area contributed by atoms with Crippen LogP contribution in [0, 0.1) is 6.92 Å². The van der Waals surface area contributed by atoms with E-state index < -0.39 is 8.32 Å². The van der Waals surface area contributed by atoms with Gasteiger partial charge >= 0.3 is 6.03 Å². The van der Waals surface area contributed by atoms with E-state index in [0.29, 0.717) is 18.1 Å². The van der Waals surface area contributed by atoms with Gasteiger partial charge < -0.3 is 14.3 Å². The first-order valence-corrected chi connectivity index (χ1v) is 14.1. The number of hydrogen-bond donors (Lipinski definition) is 2. The lowest BCUT2D eigenvalue weighted by Gasteiger charge is -2.36. The average molecular weight is 466 g/mol. The Kier molecular flexibility index (Phi) is 7.39. The number of rotatable bonds is 7. The van der Waals surface area contributed by atoms with Gasteiger partial charge in [0.25, 0.3) is 0 Å². The Morgan fingerprint density at radius 3 is 2.33 bits per heavy atom. The van der Waals surface area contributed by atoms with Crippen molar-refractivity contribution in [3.05, 3.63) is 71.9 Å². The second kappa shape index (κ2) is 9.89. The third-order valence-electron chi connectivity index (χ3n) is 6.40. The van der Waals surface area contributed by atoms with Crippen molar-refractivity contribution in [2.75, 3.05) is 10.6 Å². The largest absolute Gasteiger partial charge is 0.413 e. The van der Waals surface area contributed by atoms with Crippen molar-refractivity contribution in [2.45, 2.75) is 65.4 Å². The van der Waals surface area contributed by atoms with Crippen molar-refractivity contribution in [1.29, 1.82) is 0 Å². The summed E-state index contributed by atoms with van der Waals surface area (Å²) >= 11 is 0. The van der Waals surface area contributed by atoms with Gasteiger partial charge in [-0.3, -0.25) is 5.32 Å². The Balaban J connectivity index is 1.53. The molecule has 2 amide bonds. The zero-order valence-electron chi connectivity index (χ0n) is 20.6. The van der Waals surface area contributed by atoms with E-state index in [1.807, 2.05) is 43.5 Å². The van der Waals surface area contributed by atoms with Crippen molar-refractivity contribution in [3.8, 4) is 0 Å². The van der Waals surface area contributed by atoms with Crippen LogP contribution in [0.3, 0.4) is 0 Å². The minimum absolute atomic E-state index is 0.161. The predicted molar refractivity (Wildman–Crippen MR) is 136 cm³/mol. The summed E-state index contributed by atoms with van der Waals surface area (Å²) < 4.78 is 8.34. The third kappa shape index (κ3) is 6.30. The molecule has 0 unspecified atom stereocenters. The van der Waals surface area contributed by atoms with Gasteiger partial charge in [-0.25, -0.2) is 14.8 Å². The second-order valence-electron chi connectivity index (χ2n) is 9.86. The van der Waals surface area contributed by atoms with Crippen LogP contribution in [0.15, 0.2) is 55.0 Å². The van der Waals surface area contributed by atoms with Crippen LogP contribution in [0.5, 0.6) is 0 Å². The number of nitrogens with zero attached hydrogens (tertiary/aromatic N) is 3. The average Bonchev–Trinajstić information content (AvgIpc) is 3.18. The number of urea groups is 1. The maximum atomic E-state index is 12.4. The Hall–Kier alpha value is -2.97. The minimum atomic E-state index is -1.81. The highest BCUT2D eigenvalue weighted by molar-refractivity contribution is 6.74. The number of amides is 2. The van der Waals surface area contributed by atoms with Gasteiger partial charge in [0.1, 0.15) is 11.6 Å². The standard InChI is InChI=1S/C25H35N5O2Si/c1-18(30-15-14-26-19(30)2)21-9-11-22(12-10-21)28-24(31)29-23-13-8-20(16-27-23)17-32-33(6,7)25(3,4)5/h8-16,18H,17H2,1-7H3,(H2,27,28,29,31)/t18-/m1/s1. The molecule has 0 saturated carbocycles. The summed E-state index contributed by atoms with van der Waals surface area (Å²) in [6, 6.07) is 11.4. The molecule has 0 fully saturated rings. The molecule has 176 valence electrons. The molecule has 7 nitrogen and oxygen atoms in total. The molecule has 0 aliphatic rings. The van der Waals surface area contributed by atoms with Gasteiger partial charge in [0, 0.05) is 24.3 Å². The molecule has 1 aromatic carbocycles. The van der Waals surface area contributed by atoms with Crippen molar-refractivity contribution in [2.24, 2.45) is 0 Å². The maximum absolute atomic E-state index is 12.4. The van der Waals surface area contributed by atoms with Gasteiger partial charge in [-0.05, 0) is 61.3 Å². The monoisotopic (exact) mass is 465 g/mol. The lowest BCUT2D eigenvalue weighted by atomic mass is 10.1. The van der Waals surface area contributed by atoms with Gasteiger partial charge in [0.2, 0.25) is 0 Å². The highest BCUT2D eigenvalue weighted by Gasteiger charge is 2.37. The van der Waals surface area contributed by atoms with Crippen molar-refractivity contribution >= 4 is 25.9 Å². The number of carbonyl (C=O) groups excluding carboxylic acids is 1. The molecule has 0 bridgehead atoms. The summed E-state index contributed by atoms with van der Waals surface area (Å²) in [7, 11) is -1.81. The molecule has 0 aliphatic heterocycles. The lowest BCUT2D eigenvalue weighted by Crippen LogP contribution is -2.40. The molecule has 2 aromatic heterocycles. The van der Waals surface area contributed by atoms with Gasteiger partial charge in [-0.2, -0.15) is 0 Å². The fourth-order valence-corrected chi connectivity index (χ4v) is 4.11. The number of carbonyl (C=O) groups is 1. The summed E-state index contributed by atoms with van der Waals surface area (Å²) in [5, 5.41) is 5.79. The predicted octanol–water partition coefficient (Wildman–Crippen LogP) is 6.36. The summed E-state index contributed by atoms with van der Waals surface area (Å²) in [5.41, 5.74) is 2.84. The summed E-state index contributed by atoms with van der Waals surface area (Å²) in [6.07, 6.45) is 5.52. The number of anilines is 2. The van der Waals surface area contributed by atoms with E-state index in [9.17, 15) is 4.79 Å². The Morgan fingerprint density at radius 2 is 1.79 bits per heavy atom. The fourth-order valence-electron chi connectivity index (χ4n) is 3.15. The van der Waals surface area contributed by atoms with Crippen molar-refractivity contribution < 1.29 is 9.22 Å². The van der Waals surface area contributed by atoms with Gasteiger partial charge in [-0.15, -0.1) is 0 Å². The van der Waals surface area contributed by atoms with E-state index in [0.717, 1.165) is 17.0 Å². The van der Waals surface area contributed by atoms with E-state index in [-0.39, 0.29) is 17.1 Å². The van der Waals surface area contributed by atoms with Crippen LogP contribution in [-0.4, -0.2) is 28.9 Å². The SMILES string of the molecule is Cc1nccn1[C@H](C)c1ccc(NC(=O)Nc2ccc(CO[Si](C)(C)C(C)(C)C)cn2)cc1. The van der Waals surface area contributed by atoms with Crippen LogP contribution in [0.1, 0.15) is 50.7 Å². The van der Waals surface area contributed by atoms with E-state index >= 15 is 0 Å². The fraction of sp³-hybridized carbons (Fsp3) is 0.400. The first-order chi connectivity index (χ1) is 15.5. The van der Waals surface area contributed by atoms with E-state index in [4.69, 9.17) is 4.43 Å².